The molecule has 0 fully saturated rings. The molecule has 5 heteroatoms. The number of carbonyl (C=O) groups excluding carboxylic acids is 2. The van der Waals surface area contributed by atoms with E-state index >= 15 is 0 Å². The Bertz CT molecular complexity index is 735. The molecule has 0 bridgehead atoms. The number of hydrogen-bond acceptors (Lipinski definition) is 3. The number of hydrogen-bond donors (Lipinski definition) is 1. The Morgan fingerprint density at radius 1 is 1.08 bits per heavy atom. The highest BCUT2D eigenvalue weighted by atomic mass is 16.2. The lowest BCUT2D eigenvalue weighted by Gasteiger charge is -2.18. The van der Waals surface area contributed by atoms with Crippen LogP contribution >= 0.6 is 0 Å². The van der Waals surface area contributed by atoms with E-state index in [9.17, 15) is 9.59 Å². The molecule has 25 heavy (non-hydrogen) atoms. The molecule has 1 aromatic heterocycles. The van der Waals surface area contributed by atoms with Crippen molar-refractivity contribution in [2.24, 2.45) is 0 Å². The topological polar surface area (TPSA) is 62.3 Å². The quantitative estimate of drug-likeness (QED) is 0.867. The fourth-order valence-corrected chi connectivity index (χ4v) is 2.52. The van der Waals surface area contributed by atoms with Crippen LogP contribution < -0.4 is 5.32 Å². The maximum atomic E-state index is 12.5. The van der Waals surface area contributed by atoms with Gasteiger partial charge in [-0.1, -0.05) is 26.0 Å². The lowest BCUT2D eigenvalue weighted by molar-refractivity contribution is 0.0767. The first kappa shape index (κ1) is 18.6. The minimum Gasteiger partial charge on any atom is -0.338 e. The van der Waals surface area contributed by atoms with Gasteiger partial charge >= 0.3 is 0 Å². The van der Waals surface area contributed by atoms with Gasteiger partial charge < -0.3 is 10.2 Å². The van der Waals surface area contributed by atoms with E-state index in [1.807, 2.05) is 38.1 Å². The number of benzene rings is 1. The molecule has 0 saturated carbocycles. The van der Waals surface area contributed by atoms with Crippen LogP contribution in [0.2, 0.25) is 0 Å². The van der Waals surface area contributed by atoms with Gasteiger partial charge in [-0.3, -0.25) is 14.6 Å². The number of nitrogens with one attached hydrogen (secondary N) is 1. The van der Waals surface area contributed by atoms with E-state index in [2.05, 4.69) is 24.1 Å². The standard InChI is InChI=1S/C20H25N3O2/c1-5-23(6-2)20(25)18-13-16(11-12-21-18)19(24)22-17-9-7-15(8-10-17)14(3)4/h7-14H,5-6H2,1-4H3,(H,22,24). The predicted octanol–water partition coefficient (Wildman–Crippen LogP) is 3.94. The molecule has 0 radical (unpaired) electrons. The Morgan fingerprint density at radius 3 is 2.28 bits per heavy atom. The van der Waals surface area contributed by atoms with E-state index in [0.717, 1.165) is 5.69 Å². The van der Waals surface area contributed by atoms with E-state index in [-0.39, 0.29) is 17.5 Å². The summed E-state index contributed by atoms with van der Waals surface area (Å²) in [5.41, 5.74) is 2.64. The van der Waals surface area contributed by atoms with Gasteiger partial charge in [0.25, 0.3) is 11.8 Å². The lowest BCUT2D eigenvalue weighted by Crippen LogP contribution is -2.31. The highest BCUT2D eigenvalue weighted by Gasteiger charge is 2.16. The molecule has 0 aliphatic carbocycles. The molecule has 0 aliphatic heterocycles. The van der Waals surface area contributed by atoms with Crippen LogP contribution in [0, 0.1) is 0 Å². The minimum atomic E-state index is -0.256. The summed E-state index contributed by atoms with van der Waals surface area (Å²) in [5.74, 6) is 0.0211. The molecule has 1 aromatic carbocycles. The third-order valence-electron chi connectivity index (χ3n) is 4.13. The van der Waals surface area contributed by atoms with Crippen molar-refractivity contribution < 1.29 is 9.59 Å². The lowest BCUT2D eigenvalue weighted by atomic mass is 10.0. The van der Waals surface area contributed by atoms with Gasteiger partial charge in [-0.05, 0) is 49.6 Å². The zero-order chi connectivity index (χ0) is 18.4. The van der Waals surface area contributed by atoms with Crippen molar-refractivity contribution >= 4 is 17.5 Å². The first-order valence-corrected chi connectivity index (χ1v) is 8.62. The molecule has 0 saturated heterocycles. The van der Waals surface area contributed by atoms with Crippen LogP contribution in [-0.2, 0) is 0 Å². The molecule has 2 rings (SSSR count). The average Bonchev–Trinajstić information content (AvgIpc) is 2.63. The summed E-state index contributed by atoms with van der Waals surface area (Å²) in [6.45, 7) is 9.29. The van der Waals surface area contributed by atoms with Crippen molar-refractivity contribution in [2.75, 3.05) is 18.4 Å². The van der Waals surface area contributed by atoms with E-state index in [0.29, 0.717) is 24.6 Å². The van der Waals surface area contributed by atoms with E-state index in [4.69, 9.17) is 0 Å². The van der Waals surface area contributed by atoms with Gasteiger partial charge in [-0.2, -0.15) is 0 Å². The normalized spacial score (nSPS) is 10.6. The van der Waals surface area contributed by atoms with Gasteiger partial charge in [0, 0.05) is 30.5 Å². The Kier molecular flexibility index (Phi) is 6.28. The summed E-state index contributed by atoms with van der Waals surface area (Å²) in [6.07, 6.45) is 1.49. The Balaban J connectivity index is 2.14. The van der Waals surface area contributed by atoms with Gasteiger partial charge in [-0.25, -0.2) is 0 Å². The van der Waals surface area contributed by atoms with Gasteiger partial charge in [-0.15, -0.1) is 0 Å². The molecule has 1 N–H and O–H groups in total. The average molecular weight is 339 g/mol. The number of carbonyl (C=O) groups is 2. The third-order valence-corrected chi connectivity index (χ3v) is 4.13. The molecule has 0 spiro atoms. The molecule has 0 unspecified atom stereocenters. The first-order valence-electron chi connectivity index (χ1n) is 8.62. The van der Waals surface area contributed by atoms with Crippen LogP contribution in [0.3, 0.4) is 0 Å². The van der Waals surface area contributed by atoms with Gasteiger partial charge in [0.1, 0.15) is 5.69 Å². The summed E-state index contributed by atoms with van der Waals surface area (Å²) in [4.78, 5) is 30.6. The van der Waals surface area contributed by atoms with Gasteiger partial charge in [0.05, 0.1) is 0 Å². The molecular weight excluding hydrogens is 314 g/mol. The molecule has 0 aliphatic rings. The largest absolute Gasteiger partial charge is 0.338 e. The van der Waals surface area contributed by atoms with Crippen LogP contribution in [0.4, 0.5) is 5.69 Å². The predicted molar refractivity (Wildman–Crippen MR) is 100.0 cm³/mol. The zero-order valence-electron chi connectivity index (χ0n) is 15.2. The second kappa shape index (κ2) is 8.42. The summed E-state index contributed by atoms with van der Waals surface area (Å²) in [5, 5.41) is 2.86. The Hall–Kier alpha value is -2.69. The van der Waals surface area contributed by atoms with E-state index < -0.39 is 0 Å². The van der Waals surface area contributed by atoms with E-state index in [1.165, 1.54) is 11.8 Å². The molecule has 132 valence electrons. The number of nitrogens with zero attached hydrogens (tertiary/aromatic N) is 2. The highest BCUT2D eigenvalue weighted by molar-refractivity contribution is 6.05. The molecule has 2 amide bonds. The summed E-state index contributed by atoms with van der Waals surface area (Å²) in [6, 6.07) is 10.9. The second-order valence-corrected chi connectivity index (χ2v) is 6.14. The van der Waals surface area contributed by atoms with Crippen molar-refractivity contribution in [1.29, 1.82) is 0 Å². The van der Waals surface area contributed by atoms with Crippen LogP contribution in [-0.4, -0.2) is 34.8 Å². The fraction of sp³-hybridized carbons (Fsp3) is 0.350. The van der Waals surface area contributed by atoms with Crippen molar-refractivity contribution in [3.05, 3.63) is 59.4 Å². The van der Waals surface area contributed by atoms with Crippen LogP contribution in [0.25, 0.3) is 0 Å². The van der Waals surface area contributed by atoms with E-state index in [1.54, 1.807) is 17.0 Å². The van der Waals surface area contributed by atoms with Crippen LogP contribution in [0.5, 0.6) is 0 Å². The number of amides is 2. The zero-order valence-corrected chi connectivity index (χ0v) is 15.2. The summed E-state index contributed by atoms with van der Waals surface area (Å²) < 4.78 is 0. The number of rotatable bonds is 6. The summed E-state index contributed by atoms with van der Waals surface area (Å²) >= 11 is 0. The SMILES string of the molecule is CCN(CC)C(=O)c1cc(C(=O)Nc2ccc(C(C)C)cc2)ccn1. The van der Waals surface area contributed by atoms with Crippen molar-refractivity contribution in [1.82, 2.24) is 9.88 Å². The molecule has 0 atom stereocenters. The fourth-order valence-electron chi connectivity index (χ4n) is 2.52. The maximum Gasteiger partial charge on any atom is 0.272 e. The van der Waals surface area contributed by atoms with Gasteiger partial charge in [0.2, 0.25) is 0 Å². The molecular formula is C20H25N3O2. The molecule has 5 nitrogen and oxygen atoms in total. The monoisotopic (exact) mass is 339 g/mol. The van der Waals surface area contributed by atoms with Gasteiger partial charge in [0.15, 0.2) is 0 Å². The molecule has 1 heterocycles. The highest BCUT2D eigenvalue weighted by Crippen LogP contribution is 2.18. The van der Waals surface area contributed by atoms with Crippen LogP contribution in [0.1, 0.15) is 60.0 Å². The van der Waals surface area contributed by atoms with Crippen LogP contribution in [0.15, 0.2) is 42.6 Å². The Morgan fingerprint density at radius 2 is 1.72 bits per heavy atom. The second-order valence-electron chi connectivity index (χ2n) is 6.14. The van der Waals surface area contributed by atoms with Crippen molar-refractivity contribution in [3.63, 3.8) is 0 Å². The number of aromatic nitrogens is 1. The number of anilines is 1. The van der Waals surface area contributed by atoms with Crippen molar-refractivity contribution in [3.8, 4) is 0 Å². The van der Waals surface area contributed by atoms with Crippen molar-refractivity contribution in [2.45, 2.75) is 33.6 Å². The number of pyridine rings is 1. The first-order chi connectivity index (χ1) is 12.0. The molecule has 2 aromatic rings. The maximum absolute atomic E-state index is 12.5. The third kappa shape index (κ3) is 4.66. The minimum absolute atomic E-state index is 0.166. The smallest absolute Gasteiger partial charge is 0.272 e. The Labute approximate surface area is 149 Å². The summed E-state index contributed by atoms with van der Waals surface area (Å²) in [7, 11) is 0.